The van der Waals surface area contributed by atoms with Crippen molar-refractivity contribution in [2.45, 2.75) is 19.9 Å². The Morgan fingerprint density at radius 2 is 1.77 bits per heavy atom. The standard InChI is InChI=1S/C17H16Cl2N2O/c1-2-9-22-17-15-10-14(19)7-8-16(15)21(20-17)11-12-3-5-13(18)6-4-12/h3-8,10H,2,9,11H2,1H3. The highest BCUT2D eigenvalue weighted by Gasteiger charge is 2.12. The third kappa shape index (κ3) is 3.21. The van der Waals surface area contributed by atoms with Gasteiger partial charge in [-0.2, -0.15) is 0 Å². The van der Waals surface area contributed by atoms with Gasteiger partial charge in [0, 0.05) is 10.0 Å². The smallest absolute Gasteiger partial charge is 0.240 e. The molecule has 22 heavy (non-hydrogen) atoms. The van der Waals surface area contributed by atoms with E-state index in [1.807, 2.05) is 47.1 Å². The molecule has 0 fully saturated rings. The first kappa shape index (κ1) is 15.2. The summed E-state index contributed by atoms with van der Waals surface area (Å²) < 4.78 is 7.68. The predicted octanol–water partition coefficient (Wildman–Crippen LogP) is 5.18. The Balaban J connectivity index is 1.99. The summed E-state index contributed by atoms with van der Waals surface area (Å²) in [7, 11) is 0. The van der Waals surface area contributed by atoms with E-state index in [4.69, 9.17) is 27.9 Å². The van der Waals surface area contributed by atoms with Gasteiger partial charge < -0.3 is 4.74 Å². The van der Waals surface area contributed by atoms with Crippen molar-refractivity contribution < 1.29 is 4.74 Å². The van der Waals surface area contributed by atoms with E-state index in [1.165, 1.54) is 0 Å². The second-order valence-electron chi connectivity index (χ2n) is 5.10. The van der Waals surface area contributed by atoms with Crippen LogP contribution < -0.4 is 4.74 Å². The summed E-state index contributed by atoms with van der Waals surface area (Å²) in [5.41, 5.74) is 2.14. The maximum Gasteiger partial charge on any atom is 0.240 e. The maximum atomic E-state index is 6.10. The molecule has 2 aromatic carbocycles. The number of hydrogen-bond acceptors (Lipinski definition) is 2. The fourth-order valence-electron chi connectivity index (χ4n) is 2.31. The van der Waals surface area contributed by atoms with Gasteiger partial charge in [0.05, 0.1) is 24.1 Å². The topological polar surface area (TPSA) is 27.1 Å². The molecular formula is C17H16Cl2N2O. The highest BCUT2D eigenvalue weighted by molar-refractivity contribution is 6.31. The summed E-state index contributed by atoms with van der Waals surface area (Å²) in [5.74, 6) is 0.633. The minimum Gasteiger partial charge on any atom is -0.476 e. The number of rotatable bonds is 5. The van der Waals surface area contributed by atoms with E-state index in [9.17, 15) is 0 Å². The summed E-state index contributed by atoms with van der Waals surface area (Å²) in [4.78, 5) is 0. The Morgan fingerprint density at radius 1 is 1.05 bits per heavy atom. The molecule has 114 valence electrons. The highest BCUT2D eigenvalue weighted by Crippen LogP contribution is 2.28. The molecule has 0 unspecified atom stereocenters. The van der Waals surface area contributed by atoms with Crippen molar-refractivity contribution in [3.63, 3.8) is 0 Å². The van der Waals surface area contributed by atoms with Crippen LogP contribution in [-0.2, 0) is 6.54 Å². The molecule has 0 atom stereocenters. The first-order valence-electron chi connectivity index (χ1n) is 7.20. The van der Waals surface area contributed by atoms with Crippen LogP contribution in [0.3, 0.4) is 0 Å². The van der Waals surface area contributed by atoms with Crippen molar-refractivity contribution >= 4 is 34.1 Å². The largest absolute Gasteiger partial charge is 0.476 e. The third-order valence-corrected chi connectivity index (χ3v) is 3.85. The number of ether oxygens (including phenoxy) is 1. The lowest BCUT2D eigenvalue weighted by Crippen LogP contribution is -2.02. The highest BCUT2D eigenvalue weighted by atomic mass is 35.5. The van der Waals surface area contributed by atoms with Gasteiger partial charge in [0.15, 0.2) is 0 Å². The van der Waals surface area contributed by atoms with E-state index in [1.54, 1.807) is 0 Å². The molecule has 5 heteroatoms. The molecule has 0 aliphatic heterocycles. The van der Waals surface area contributed by atoms with Crippen LogP contribution in [0.2, 0.25) is 10.0 Å². The number of nitrogens with zero attached hydrogens (tertiary/aromatic N) is 2. The van der Waals surface area contributed by atoms with Gasteiger partial charge in [-0.1, -0.05) is 42.3 Å². The summed E-state index contributed by atoms with van der Waals surface area (Å²) in [6.45, 7) is 3.37. The normalized spacial score (nSPS) is 11.0. The summed E-state index contributed by atoms with van der Waals surface area (Å²) in [5, 5.41) is 6.94. The van der Waals surface area contributed by atoms with E-state index < -0.39 is 0 Å². The van der Waals surface area contributed by atoms with Crippen molar-refractivity contribution in [3.05, 3.63) is 58.1 Å². The molecule has 0 bridgehead atoms. The lowest BCUT2D eigenvalue weighted by molar-refractivity contribution is 0.304. The number of hydrogen-bond donors (Lipinski definition) is 0. The lowest BCUT2D eigenvalue weighted by Gasteiger charge is -2.04. The van der Waals surface area contributed by atoms with Crippen LogP contribution in [0, 0.1) is 0 Å². The molecular weight excluding hydrogens is 319 g/mol. The Morgan fingerprint density at radius 3 is 2.50 bits per heavy atom. The minimum absolute atomic E-state index is 0.633. The van der Waals surface area contributed by atoms with Crippen LogP contribution in [0.25, 0.3) is 10.9 Å². The molecule has 3 rings (SSSR count). The van der Waals surface area contributed by atoms with Gasteiger partial charge in [0.1, 0.15) is 0 Å². The molecule has 0 spiro atoms. The lowest BCUT2D eigenvalue weighted by atomic mass is 10.2. The van der Waals surface area contributed by atoms with Crippen molar-refractivity contribution in [2.24, 2.45) is 0 Å². The SMILES string of the molecule is CCCOc1nn(Cc2ccc(Cl)cc2)c2ccc(Cl)cc12. The molecule has 0 aliphatic rings. The zero-order valence-electron chi connectivity index (χ0n) is 12.2. The van der Waals surface area contributed by atoms with Crippen molar-refractivity contribution in [1.82, 2.24) is 9.78 Å². The zero-order chi connectivity index (χ0) is 15.5. The van der Waals surface area contributed by atoms with Crippen LogP contribution in [0.4, 0.5) is 0 Å². The van der Waals surface area contributed by atoms with Gasteiger partial charge in [-0.15, -0.1) is 5.10 Å². The van der Waals surface area contributed by atoms with Crippen LogP contribution >= 0.6 is 23.2 Å². The minimum atomic E-state index is 0.633. The average molecular weight is 335 g/mol. The van der Waals surface area contributed by atoms with E-state index in [-0.39, 0.29) is 0 Å². The van der Waals surface area contributed by atoms with Crippen molar-refractivity contribution in [2.75, 3.05) is 6.61 Å². The first-order chi connectivity index (χ1) is 10.7. The number of halogens is 2. The summed E-state index contributed by atoms with van der Waals surface area (Å²) >= 11 is 12.0. The van der Waals surface area contributed by atoms with Crippen molar-refractivity contribution in [1.29, 1.82) is 0 Å². The van der Waals surface area contributed by atoms with Gasteiger partial charge in [0.2, 0.25) is 5.88 Å². The molecule has 0 saturated heterocycles. The Hall–Kier alpha value is -1.71. The van der Waals surface area contributed by atoms with E-state index in [2.05, 4.69) is 12.0 Å². The number of benzene rings is 2. The summed E-state index contributed by atoms with van der Waals surface area (Å²) in [6.07, 6.45) is 0.937. The van der Waals surface area contributed by atoms with Gasteiger partial charge in [0.25, 0.3) is 0 Å². The zero-order valence-corrected chi connectivity index (χ0v) is 13.7. The Labute approximate surface area is 139 Å². The second kappa shape index (κ2) is 6.59. The van der Waals surface area contributed by atoms with Gasteiger partial charge in [-0.3, -0.25) is 4.68 Å². The van der Waals surface area contributed by atoms with Gasteiger partial charge in [-0.05, 0) is 42.3 Å². The monoisotopic (exact) mass is 334 g/mol. The molecule has 0 saturated carbocycles. The van der Waals surface area contributed by atoms with Gasteiger partial charge >= 0.3 is 0 Å². The van der Waals surface area contributed by atoms with E-state index in [0.29, 0.717) is 24.1 Å². The number of fused-ring (bicyclic) bond motifs is 1. The average Bonchev–Trinajstić information content (AvgIpc) is 2.84. The van der Waals surface area contributed by atoms with Crippen LogP contribution in [0.5, 0.6) is 5.88 Å². The molecule has 0 aliphatic carbocycles. The van der Waals surface area contributed by atoms with Gasteiger partial charge in [-0.25, -0.2) is 0 Å². The molecule has 0 amide bonds. The van der Waals surface area contributed by atoms with E-state index >= 15 is 0 Å². The van der Waals surface area contributed by atoms with Crippen molar-refractivity contribution in [3.8, 4) is 5.88 Å². The maximum absolute atomic E-state index is 6.10. The molecule has 3 aromatic rings. The molecule has 0 radical (unpaired) electrons. The quantitative estimate of drug-likeness (QED) is 0.642. The third-order valence-electron chi connectivity index (χ3n) is 3.37. The Bertz CT molecular complexity index is 781. The molecule has 1 aromatic heterocycles. The predicted molar refractivity (Wildman–Crippen MR) is 91.1 cm³/mol. The summed E-state index contributed by atoms with van der Waals surface area (Å²) in [6, 6.07) is 13.5. The second-order valence-corrected chi connectivity index (χ2v) is 5.97. The Kier molecular flexibility index (Phi) is 4.55. The van der Waals surface area contributed by atoms with Crippen LogP contribution in [-0.4, -0.2) is 16.4 Å². The molecule has 3 nitrogen and oxygen atoms in total. The molecule has 1 heterocycles. The molecule has 0 N–H and O–H groups in total. The van der Waals surface area contributed by atoms with Crippen LogP contribution in [0.15, 0.2) is 42.5 Å². The van der Waals surface area contributed by atoms with Crippen LogP contribution in [0.1, 0.15) is 18.9 Å². The number of aromatic nitrogens is 2. The fraction of sp³-hybridized carbons (Fsp3) is 0.235. The first-order valence-corrected chi connectivity index (χ1v) is 7.96. The van der Waals surface area contributed by atoms with E-state index in [0.717, 1.165) is 27.9 Å². The fourth-order valence-corrected chi connectivity index (χ4v) is 2.61.